The summed E-state index contributed by atoms with van der Waals surface area (Å²) in [5.41, 5.74) is 3.88. The molecule has 2 bridgehead atoms. The minimum atomic E-state index is -0.508. The first-order chi connectivity index (χ1) is 20.9. The van der Waals surface area contributed by atoms with Crippen molar-refractivity contribution in [1.82, 2.24) is 24.7 Å². The summed E-state index contributed by atoms with van der Waals surface area (Å²) < 4.78 is 27.1. The van der Waals surface area contributed by atoms with E-state index in [0.29, 0.717) is 37.6 Å². The summed E-state index contributed by atoms with van der Waals surface area (Å²) in [5.74, 6) is 0.690. The van der Waals surface area contributed by atoms with Gasteiger partial charge in [0.25, 0.3) is 0 Å². The van der Waals surface area contributed by atoms with E-state index in [1.54, 1.807) is 11.0 Å². The van der Waals surface area contributed by atoms with E-state index in [2.05, 4.69) is 21.7 Å². The molecule has 6 rings (SSSR count). The van der Waals surface area contributed by atoms with Crippen LogP contribution in [0.1, 0.15) is 72.5 Å². The number of imidazole rings is 1. The summed E-state index contributed by atoms with van der Waals surface area (Å²) in [4.78, 5) is 34.1. The number of nitrogens with one attached hydrogen (secondary N) is 1. The van der Waals surface area contributed by atoms with Crippen molar-refractivity contribution >= 4 is 12.2 Å². The van der Waals surface area contributed by atoms with E-state index < -0.39 is 6.09 Å². The van der Waals surface area contributed by atoms with Gasteiger partial charge in [-0.25, -0.2) is 19.0 Å². The molecule has 0 aliphatic carbocycles. The highest BCUT2D eigenvalue weighted by Gasteiger charge is 2.42. The highest BCUT2D eigenvalue weighted by Crippen LogP contribution is 2.43. The largest absolute Gasteiger partial charge is 0.453 e. The number of carbonyl (C=O) groups is 2. The molecule has 0 spiro atoms. The molecular formula is C33H40FN5O4. The number of methoxy groups -OCH3 is 1. The number of alkyl carbamates (subject to hydrolysis) is 1. The van der Waals surface area contributed by atoms with Crippen LogP contribution in [0, 0.1) is 12.7 Å². The van der Waals surface area contributed by atoms with Gasteiger partial charge in [0.05, 0.1) is 25.4 Å². The predicted octanol–water partition coefficient (Wildman–Crippen LogP) is 5.68. The van der Waals surface area contributed by atoms with Crippen molar-refractivity contribution < 1.29 is 23.5 Å². The molecule has 1 N–H and O–H groups in total. The Labute approximate surface area is 252 Å². The first-order valence-electron chi connectivity index (χ1n) is 15.3. The average molecular weight is 590 g/mol. The molecule has 3 aromatic rings. The van der Waals surface area contributed by atoms with Gasteiger partial charge in [-0.1, -0.05) is 42.5 Å². The maximum absolute atomic E-state index is 14.2. The summed E-state index contributed by atoms with van der Waals surface area (Å²) >= 11 is 0. The molecule has 3 aliphatic heterocycles. The highest BCUT2D eigenvalue weighted by atomic mass is 19.1. The number of rotatable bonds is 8. The molecule has 0 radical (unpaired) electrons. The fraction of sp³-hybridized carbons (Fsp3) is 0.485. The molecule has 43 heavy (non-hydrogen) atoms. The van der Waals surface area contributed by atoms with Crippen LogP contribution < -0.4 is 5.32 Å². The molecule has 2 fully saturated rings. The number of hydrogen-bond acceptors (Lipinski definition) is 6. The van der Waals surface area contributed by atoms with Gasteiger partial charge in [-0.05, 0) is 62.3 Å². The van der Waals surface area contributed by atoms with Crippen molar-refractivity contribution in [2.45, 2.75) is 82.8 Å². The second kappa shape index (κ2) is 12.8. The fourth-order valence-electron chi connectivity index (χ4n) is 7.36. The molecule has 1 aromatic heterocycles. The summed E-state index contributed by atoms with van der Waals surface area (Å²) in [7, 11) is 1.42. The topological polar surface area (TPSA) is 88.9 Å². The smallest absolute Gasteiger partial charge is 0.409 e. The first-order valence-corrected chi connectivity index (χ1v) is 15.3. The zero-order valence-electron chi connectivity index (χ0n) is 24.9. The van der Waals surface area contributed by atoms with Gasteiger partial charge < -0.3 is 24.3 Å². The number of halogens is 1. The fourth-order valence-corrected chi connectivity index (χ4v) is 7.36. The number of aromatic nitrogens is 2. The lowest BCUT2D eigenvalue weighted by Crippen LogP contribution is -2.45. The van der Waals surface area contributed by atoms with Crippen LogP contribution in [0.15, 0.2) is 54.6 Å². The molecular weight excluding hydrogens is 549 g/mol. The molecule has 2 saturated heterocycles. The molecule has 228 valence electrons. The van der Waals surface area contributed by atoms with Crippen molar-refractivity contribution in [2.24, 2.45) is 0 Å². The minimum absolute atomic E-state index is 0.179. The van der Waals surface area contributed by atoms with Gasteiger partial charge in [0.15, 0.2) is 0 Å². The monoisotopic (exact) mass is 589 g/mol. The Morgan fingerprint density at radius 3 is 2.56 bits per heavy atom. The number of carbonyl (C=O) groups excluding carboxylic acids is 2. The van der Waals surface area contributed by atoms with Crippen LogP contribution in [0.5, 0.6) is 0 Å². The third-order valence-corrected chi connectivity index (χ3v) is 9.32. The Morgan fingerprint density at radius 2 is 1.84 bits per heavy atom. The van der Waals surface area contributed by atoms with Crippen molar-refractivity contribution in [1.29, 1.82) is 0 Å². The normalized spacial score (nSPS) is 22.1. The van der Waals surface area contributed by atoms with E-state index in [1.165, 1.54) is 24.9 Å². The molecule has 4 heterocycles. The third-order valence-electron chi connectivity index (χ3n) is 9.32. The summed E-state index contributed by atoms with van der Waals surface area (Å²) in [6.45, 7) is 4.18. The lowest BCUT2D eigenvalue weighted by molar-refractivity contribution is 0.0969. The van der Waals surface area contributed by atoms with E-state index in [-0.39, 0.29) is 24.6 Å². The van der Waals surface area contributed by atoms with Gasteiger partial charge in [-0.15, -0.1) is 0 Å². The Morgan fingerprint density at radius 1 is 1.07 bits per heavy atom. The first kappa shape index (κ1) is 29.2. The Bertz CT molecular complexity index is 1430. The number of ether oxygens (including phenoxy) is 2. The number of fused-ring (bicyclic) bond motifs is 3. The van der Waals surface area contributed by atoms with Crippen molar-refractivity contribution in [2.75, 3.05) is 20.2 Å². The Kier molecular flexibility index (Phi) is 8.65. The third kappa shape index (κ3) is 6.39. The SMILES string of the molecule is COC(=O)N1CCc2c(nc(C)n2C2CC3CCC(C2)N3CC[C@H](NC(=O)OCc2ccccc2)c2cccc(F)c2)C1. The second-order valence-electron chi connectivity index (χ2n) is 11.9. The lowest BCUT2D eigenvalue weighted by Gasteiger charge is -2.41. The quantitative estimate of drug-likeness (QED) is 0.364. The van der Waals surface area contributed by atoms with Gasteiger partial charge >= 0.3 is 12.2 Å². The molecule has 3 atom stereocenters. The van der Waals surface area contributed by atoms with Crippen molar-refractivity contribution in [3.8, 4) is 0 Å². The number of nitrogens with zero attached hydrogens (tertiary/aromatic N) is 4. The zero-order chi connectivity index (χ0) is 29.9. The Balaban J connectivity index is 1.11. The lowest BCUT2D eigenvalue weighted by atomic mass is 9.95. The van der Waals surface area contributed by atoms with Crippen LogP contribution >= 0.6 is 0 Å². The Hall–Kier alpha value is -3.92. The van der Waals surface area contributed by atoms with Gasteiger partial charge in [0, 0.05) is 43.3 Å². The molecule has 2 amide bonds. The average Bonchev–Trinajstić information content (AvgIpc) is 3.47. The molecule has 2 unspecified atom stereocenters. The highest BCUT2D eigenvalue weighted by molar-refractivity contribution is 5.68. The second-order valence-corrected chi connectivity index (χ2v) is 11.9. The van der Waals surface area contributed by atoms with Gasteiger partial charge in [0.2, 0.25) is 0 Å². The summed E-state index contributed by atoms with van der Waals surface area (Å²) in [5, 5.41) is 3.01. The van der Waals surface area contributed by atoms with Crippen molar-refractivity contribution in [3.63, 3.8) is 0 Å². The number of amides is 2. The molecule has 3 aliphatic rings. The summed E-state index contributed by atoms with van der Waals surface area (Å²) in [6, 6.07) is 16.9. The van der Waals surface area contributed by atoms with E-state index in [1.807, 2.05) is 36.4 Å². The van der Waals surface area contributed by atoms with E-state index >= 15 is 0 Å². The maximum Gasteiger partial charge on any atom is 0.409 e. The zero-order valence-corrected chi connectivity index (χ0v) is 24.9. The van der Waals surface area contributed by atoms with Crippen LogP contribution in [0.3, 0.4) is 0 Å². The predicted molar refractivity (Wildman–Crippen MR) is 159 cm³/mol. The number of piperidine rings is 1. The minimum Gasteiger partial charge on any atom is -0.453 e. The van der Waals surface area contributed by atoms with Crippen LogP contribution in [0.25, 0.3) is 0 Å². The maximum atomic E-state index is 14.2. The van der Waals surface area contributed by atoms with Crippen LogP contribution in [-0.4, -0.2) is 63.8 Å². The van der Waals surface area contributed by atoms with Gasteiger partial charge in [-0.2, -0.15) is 0 Å². The van der Waals surface area contributed by atoms with Crippen LogP contribution in [0.2, 0.25) is 0 Å². The van der Waals surface area contributed by atoms with Gasteiger partial charge in [-0.3, -0.25) is 4.90 Å². The molecule has 9 nitrogen and oxygen atoms in total. The van der Waals surface area contributed by atoms with Crippen molar-refractivity contribution in [3.05, 3.63) is 88.8 Å². The summed E-state index contributed by atoms with van der Waals surface area (Å²) in [6.07, 6.45) is 4.99. The van der Waals surface area contributed by atoms with E-state index in [9.17, 15) is 14.0 Å². The molecule has 0 saturated carbocycles. The standard InChI is InChI=1S/C33H40FN5O4/c1-22-35-30-20-37(33(41)42-2)15-14-31(30)39(22)28-18-26-11-12-27(19-28)38(26)16-13-29(24-9-6-10-25(34)17-24)36-32(40)43-21-23-7-4-3-5-8-23/h3-10,17,26-29H,11-16,18-21H2,1-2H3,(H,36,40)/t26?,27?,28?,29-/m0/s1. The van der Waals surface area contributed by atoms with Crippen LogP contribution in [-0.2, 0) is 29.0 Å². The number of aryl methyl sites for hydroxylation is 1. The molecule has 2 aromatic carbocycles. The number of benzene rings is 2. The van der Waals surface area contributed by atoms with Crippen LogP contribution in [0.4, 0.5) is 14.0 Å². The van der Waals surface area contributed by atoms with Gasteiger partial charge in [0.1, 0.15) is 18.2 Å². The van der Waals surface area contributed by atoms with E-state index in [0.717, 1.165) is 61.3 Å². The van der Waals surface area contributed by atoms with E-state index in [4.69, 9.17) is 14.5 Å². The molecule has 10 heteroatoms. The number of hydrogen-bond donors (Lipinski definition) is 1.